The summed E-state index contributed by atoms with van der Waals surface area (Å²) in [7, 11) is 1.41. The van der Waals surface area contributed by atoms with E-state index in [1.807, 2.05) is 0 Å². The Balaban J connectivity index is 1.40. The highest BCUT2D eigenvalue weighted by molar-refractivity contribution is 6.28. The smallest absolute Gasteiger partial charge is 0.348 e. The third kappa shape index (κ3) is 4.64. The van der Waals surface area contributed by atoms with E-state index in [-0.39, 0.29) is 56.0 Å². The van der Waals surface area contributed by atoms with Crippen LogP contribution in [0.5, 0.6) is 11.5 Å². The molecular formula is C34H37NO12. The number of nitrogens with two attached hydrogens (primary N) is 1. The van der Waals surface area contributed by atoms with Crippen LogP contribution in [-0.4, -0.2) is 82.1 Å². The molecule has 1 saturated heterocycles. The number of benzene rings is 3. The third-order valence-corrected chi connectivity index (χ3v) is 10.0. The first kappa shape index (κ1) is 31.8. The molecule has 47 heavy (non-hydrogen) atoms. The van der Waals surface area contributed by atoms with Crippen LogP contribution in [-0.2, 0) is 14.2 Å². The number of phenols is 1. The quantitative estimate of drug-likeness (QED) is 0.105. The number of phenolic OH excluding ortho intramolecular Hbond substituents is 1. The lowest BCUT2D eigenvalue weighted by Crippen LogP contribution is -2.68. The zero-order chi connectivity index (χ0) is 33.7. The van der Waals surface area contributed by atoms with Crippen molar-refractivity contribution in [2.75, 3.05) is 7.11 Å². The van der Waals surface area contributed by atoms with Gasteiger partial charge in [-0.2, -0.15) is 0 Å². The van der Waals surface area contributed by atoms with Crippen molar-refractivity contribution in [2.45, 2.75) is 88.7 Å². The first-order valence-electron chi connectivity index (χ1n) is 15.5. The summed E-state index contributed by atoms with van der Waals surface area (Å²) in [4.78, 5) is 26.6. The van der Waals surface area contributed by atoms with Crippen LogP contribution in [0.25, 0.3) is 43.5 Å². The van der Waals surface area contributed by atoms with Crippen molar-refractivity contribution < 1.29 is 48.2 Å². The van der Waals surface area contributed by atoms with Gasteiger partial charge in [-0.05, 0) is 50.8 Å². The van der Waals surface area contributed by atoms with Gasteiger partial charge in [-0.15, -0.1) is 0 Å². The molecule has 3 aromatic carbocycles. The van der Waals surface area contributed by atoms with Crippen LogP contribution in [0.15, 0.2) is 48.8 Å². The molecule has 5 aromatic rings. The van der Waals surface area contributed by atoms with Gasteiger partial charge in [0.1, 0.15) is 52.5 Å². The Kier molecular flexibility index (Phi) is 7.52. The van der Waals surface area contributed by atoms with Crippen molar-refractivity contribution >= 4 is 43.5 Å². The van der Waals surface area contributed by atoms with E-state index >= 15 is 0 Å². The molecule has 13 heteroatoms. The van der Waals surface area contributed by atoms with Gasteiger partial charge in [0.15, 0.2) is 11.9 Å². The lowest BCUT2D eigenvalue weighted by atomic mass is 9.73. The van der Waals surface area contributed by atoms with Crippen molar-refractivity contribution in [3.05, 3.63) is 56.7 Å². The van der Waals surface area contributed by atoms with Crippen molar-refractivity contribution in [2.24, 2.45) is 11.7 Å². The van der Waals surface area contributed by atoms with Gasteiger partial charge in [0.2, 0.25) is 0 Å². The van der Waals surface area contributed by atoms with Gasteiger partial charge < -0.3 is 53.9 Å². The zero-order valence-corrected chi connectivity index (χ0v) is 26.4. The van der Waals surface area contributed by atoms with E-state index in [1.54, 1.807) is 51.1 Å². The van der Waals surface area contributed by atoms with Gasteiger partial charge in [0, 0.05) is 23.3 Å². The molecule has 10 atom stereocenters. The number of aliphatic hydroxyl groups is 3. The van der Waals surface area contributed by atoms with Crippen molar-refractivity contribution in [3.8, 4) is 11.5 Å². The number of hydrogen-bond acceptors (Lipinski definition) is 13. The molecule has 2 aromatic heterocycles. The molecule has 2 aliphatic rings. The van der Waals surface area contributed by atoms with E-state index in [0.717, 1.165) is 0 Å². The van der Waals surface area contributed by atoms with Gasteiger partial charge in [-0.3, -0.25) is 0 Å². The highest BCUT2D eigenvalue weighted by Gasteiger charge is 2.55. The fourth-order valence-electron chi connectivity index (χ4n) is 7.50. The summed E-state index contributed by atoms with van der Waals surface area (Å²) >= 11 is 0. The lowest BCUT2D eigenvalue weighted by molar-refractivity contribution is -0.314. The maximum atomic E-state index is 13.4. The Morgan fingerprint density at radius 1 is 0.979 bits per heavy atom. The molecule has 6 N–H and O–H groups in total. The minimum Gasteiger partial charge on any atom is -0.506 e. The molecule has 250 valence electrons. The minimum absolute atomic E-state index is 0.0147. The molecule has 0 bridgehead atoms. The van der Waals surface area contributed by atoms with Crippen LogP contribution in [0.3, 0.4) is 0 Å². The highest BCUT2D eigenvalue weighted by Crippen LogP contribution is 2.46. The second-order valence-corrected chi connectivity index (χ2v) is 13.1. The second-order valence-electron chi connectivity index (χ2n) is 13.1. The van der Waals surface area contributed by atoms with E-state index in [4.69, 9.17) is 33.5 Å². The summed E-state index contributed by atoms with van der Waals surface area (Å²) in [6.45, 7) is 6.56. The molecule has 7 rings (SSSR count). The summed E-state index contributed by atoms with van der Waals surface area (Å²) in [6.07, 6.45) is -6.92. The summed E-state index contributed by atoms with van der Waals surface area (Å²) in [5, 5.41) is 45.8. The van der Waals surface area contributed by atoms with E-state index in [0.29, 0.717) is 10.9 Å². The number of ether oxygens (including phenoxy) is 4. The maximum Gasteiger partial charge on any atom is 0.348 e. The Bertz CT molecular complexity index is 2120. The first-order valence-corrected chi connectivity index (χ1v) is 15.5. The fourth-order valence-corrected chi connectivity index (χ4v) is 7.50. The average molecular weight is 652 g/mol. The SMILES string of the molecule is CO[C@H]1[C@@H](O)[C@@H](C)OC(O[C@H]2[C@H](Oc3cccc4c(O)c5c(=O)oc6ccc(C)c7c(=O)oc(c34)c5c67)C[C@H](C)[C@H](O)[C@]2(C)O)[C@@H]1N. The van der Waals surface area contributed by atoms with Gasteiger partial charge >= 0.3 is 11.3 Å². The first-order chi connectivity index (χ1) is 22.3. The van der Waals surface area contributed by atoms with Crippen LogP contribution >= 0.6 is 0 Å². The van der Waals surface area contributed by atoms with Crippen LogP contribution in [0.1, 0.15) is 32.8 Å². The predicted octanol–water partition coefficient (Wildman–Crippen LogP) is 2.39. The number of methoxy groups -OCH3 is 1. The molecule has 1 aliphatic heterocycles. The molecule has 1 aliphatic carbocycles. The summed E-state index contributed by atoms with van der Waals surface area (Å²) in [6, 6.07) is 7.04. The monoisotopic (exact) mass is 651 g/mol. The number of hydrogen-bond donors (Lipinski definition) is 5. The summed E-state index contributed by atoms with van der Waals surface area (Å²) in [5.41, 5.74) is 3.84. The van der Waals surface area contributed by atoms with Crippen molar-refractivity contribution in [3.63, 3.8) is 0 Å². The Hall–Kier alpha value is -3.82. The number of rotatable bonds is 5. The fraction of sp³-hybridized carbons (Fsp3) is 0.471. The van der Waals surface area contributed by atoms with Crippen LogP contribution in [0, 0.1) is 12.8 Å². The molecular weight excluding hydrogens is 614 g/mol. The molecule has 3 heterocycles. The number of aromatic hydroxyl groups is 1. The number of aliphatic hydroxyl groups excluding tert-OH is 2. The normalized spacial score (nSPS) is 33.3. The van der Waals surface area contributed by atoms with Crippen molar-refractivity contribution in [1.29, 1.82) is 0 Å². The van der Waals surface area contributed by atoms with E-state index < -0.39 is 71.7 Å². The molecule has 0 radical (unpaired) electrons. The summed E-state index contributed by atoms with van der Waals surface area (Å²) < 4.78 is 35.7. The van der Waals surface area contributed by atoms with E-state index in [1.165, 1.54) is 14.0 Å². The molecule has 0 spiro atoms. The number of fused-ring (bicyclic) bond motifs is 2. The Morgan fingerprint density at radius 2 is 1.70 bits per heavy atom. The molecule has 1 unspecified atom stereocenters. The molecule has 0 amide bonds. The van der Waals surface area contributed by atoms with Crippen molar-refractivity contribution in [1.82, 2.24) is 0 Å². The zero-order valence-electron chi connectivity index (χ0n) is 26.4. The van der Waals surface area contributed by atoms with E-state index in [9.17, 15) is 30.0 Å². The largest absolute Gasteiger partial charge is 0.506 e. The van der Waals surface area contributed by atoms with Gasteiger partial charge in [-0.1, -0.05) is 25.1 Å². The Labute approximate surface area is 267 Å². The predicted molar refractivity (Wildman–Crippen MR) is 170 cm³/mol. The van der Waals surface area contributed by atoms with Gasteiger partial charge in [0.25, 0.3) is 0 Å². The standard InChI is InChI=1S/C34H37NO12/c1-12-9-10-17-21-19(12)31(39)46-27-20-15(26(37)23(22(21)27)32(40)45-17)7-6-8-16(20)44-18-11-13(2)29(38)34(4,41)30(18)47-33-24(35)28(42-5)25(36)14(3)43-33/h6-10,13-14,18,24-25,28-30,33,36-38,41H,11,35H2,1-5H3/t13-,14+,18+,24+,25-,28+,29-,30-,33?,34-/m0/s1. The van der Waals surface area contributed by atoms with E-state index in [2.05, 4.69) is 0 Å². The third-order valence-electron chi connectivity index (χ3n) is 10.0. The minimum atomic E-state index is -1.87. The van der Waals surface area contributed by atoms with Crippen LogP contribution in [0.4, 0.5) is 0 Å². The van der Waals surface area contributed by atoms with Gasteiger partial charge in [-0.25, -0.2) is 9.59 Å². The Morgan fingerprint density at radius 3 is 2.43 bits per heavy atom. The van der Waals surface area contributed by atoms with Crippen LogP contribution in [0.2, 0.25) is 0 Å². The van der Waals surface area contributed by atoms with Crippen LogP contribution < -0.4 is 21.7 Å². The number of aryl methyl sites for hydroxylation is 1. The lowest BCUT2D eigenvalue weighted by Gasteiger charge is -2.50. The molecule has 13 nitrogen and oxygen atoms in total. The topological polar surface area (TPSA) is 204 Å². The summed E-state index contributed by atoms with van der Waals surface area (Å²) in [5.74, 6) is -0.676. The molecule has 2 fully saturated rings. The average Bonchev–Trinajstić information content (AvgIpc) is 3.02. The molecule has 1 saturated carbocycles. The highest BCUT2D eigenvalue weighted by atomic mass is 16.7. The second kappa shape index (κ2) is 11.1. The van der Waals surface area contributed by atoms with Gasteiger partial charge in [0.05, 0.1) is 29.0 Å². The maximum absolute atomic E-state index is 13.4.